The standard InChI is InChI=1S/C25H30N2O4/c1-17(2)14-21-10-12-22(13-11-21)18(3)26-24(29)16-31-25(30)23(27-19(4)28)15-20-8-6-5-7-9-20/h5-13,15,17-18H,14,16H2,1-4H3,(H,26,29)(H,27,28)/b23-15-/t18-/m1/s1. The Morgan fingerprint density at radius 2 is 1.61 bits per heavy atom. The highest BCUT2D eigenvalue weighted by molar-refractivity contribution is 5.98. The first-order valence-electron chi connectivity index (χ1n) is 10.3. The fourth-order valence-electron chi connectivity index (χ4n) is 3.04. The maximum atomic E-state index is 12.4. The van der Waals surface area contributed by atoms with Gasteiger partial charge in [0.25, 0.3) is 5.91 Å². The summed E-state index contributed by atoms with van der Waals surface area (Å²) in [5, 5.41) is 5.27. The number of hydrogen-bond acceptors (Lipinski definition) is 4. The van der Waals surface area contributed by atoms with Gasteiger partial charge in [0.15, 0.2) is 6.61 Å². The molecule has 0 fully saturated rings. The van der Waals surface area contributed by atoms with Crippen LogP contribution in [0.25, 0.3) is 6.08 Å². The predicted octanol–water partition coefficient (Wildman–Crippen LogP) is 3.78. The van der Waals surface area contributed by atoms with E-state index in [1.54, 1.807) is 12.1 Å². The Hall–Kier alpha value is -3.41. The fourth-order valence-corrected chi connectivity index (χ4v) is 3.04. The lowest BCUT2D eigenvalue weighted by Crippen LogP contribution is -2.33. The van der Waals surface area contributed by atoms with E-state index >= 15 is 0 Å². The second kappa shape index (κ2) is 11.7. The lowest BCUT2D eigenvalue weighted by molar-refractivity contribution is -0.145. The molecule has 0 radical (unpaired) electrons. The van der Waals surface area contributed by atoms with E-state index < -0.39 is 24.4 Å². The minimum absolute atomic E-state index is 0.0275. The number of nitrogens with one attached hydrogen (secondary N) is 2. The van der Waals surface area contributed by atoms with E-state index in [1.807, 2.05) is 37.3 Å². The molecule has 1 atom stereocenters. The van der Waals surface area contributed by atoms with Crippen molar-refractivity contribution in [2.75, 3.05) is 6.61 Å². The zero-order valence-corrected chi connectivity index (χ0v) is 18.5. The summed E-state index contributed by atoms with van der Waals surface area (Å²) < 4.78 is 5.10. The first-order chi connectivity index (χ1) is 14.7. The van der Waals surface area contributed by atoms with Crippen molar-refractivity contribution in [3.8, 4) is 0 Å². The van der Waals surface area contributed by atoms with Crippen LogP contribution >= 0.6 is 0 Å². The molecule has 0 bridgehead atoms. The van der Waals surface area contributed by atoms with Crippen LogP contribution in [0.2, 0.25) is 0 Å². The SMILES string of the molecule is CC(=O)N/C(=C\c1ccccc1)C(=O)OCC(=O)N[C@H](C)c1ccc(CC(C)C)cc1. The van der Waals surface area contributed by atoms with Crippen LogP contribution in [-0.4, -0.2) is 24.4 Å². The van der Waals surface area contributed by atoms with E-state index in [9.17, 15) is 14.4 Å². The topological polar surface area (TPSA) is 84.5 Å². The zero-order valence-electron chi connectivity index (χ0n) is 18.5. The summed E-state index contributed by atoms with van der Waals surface area (Å²) in [5.41, 5.74) is 2.92. The van der Waals surface area contributed by atoms with E-state index in [0.717, 1.165) is 17.5 Å². The Bertz CT molecular complexity index is 918. The van der Waals surface area contributed by atoms with Gasteiger partial charge in [0.05, 0.1) is 6.04 Å². The summed E-state index contributed by atoms with van der Waals surface area (Å²) in [4.78, 5) is 36.1. The monoisotopic (exact) mass is 422 g/mol. The summed E-state index contributed by atoms with van der Waals surface area (Å²) in [6, 6.07) is 16.9. The normalized spacial score (nSPS) is 12.2. The van der Waals surface area contributed by atoms with Crippen LogP contribution < -0.4 is 10.6 Å². The largest absolute Gasteiger partial charge is 0.451 e. The Morgan fingerprint density at radius 1 is 0.968 bits per heavy atom. The third kappa shape index (κ3) is 8.46. The lowest BCUT2D eigenvalue weighted by atomic mass is 10.00. The molecule has 2 amide bonds. The number of benzene rings is 2. The molecular formula is C25H30N2O4. The summed E-state index contributed by atoms with van der Waals surface area (Å²) >= 11 is 0. The molecule has 31 heavy (non-hydrogen) atoms. The van der Waals surface area contributed by atoms with Gasteiger partial charge >= 0.3 is 5.97 Å². The van der Waals surface area contributed by atoms with Gasteiger partial charge in [-0.3, -0.25) is 9.59 Å². The van der Waals surface area contributed by atoms with Gasteiger partial charge in [-0.05, 0) is 42.0 Å². The molecule has 0 heterocycles. The van der Waals surface area contributed by atoms with Crippen molar-refractivity contribution < 1.29 is 19.1 Å². The van der Waals surface area contributed by atoms with Gasteiger partial charge in [-0.2, -0.15) is 0 Å². The quantitative estimate of drug-likeness (QED) is 0.476. The lowest BCUT2D eigenvalue weighted by Gasteiger charge is -2.16. The van der Waals surface area contributed by atoms with Gasteiger partial charge in [0, 0.05) is 6.92 Å². The van der Waals surface area contributed by atoms with Crippen LogP contribution in [0.15, 0.2) is 60.3 Å². The smallest absolute Gasteiger partial charge is 0.355 e. The average Bonchev–Trinajstić information content (AvgIpc) is 2.72. The average molecular weight is 423 g/mol. The molecule has 0 aliphatic rings. The molecule has 0 aromatic heterocycles. The van der Waals surface area contributed by atoms with Gasteiger partial charge in [0.2, 0.25) is 5.91 Å². The number of hydrogen-bond donors (Lipinski definition) is 2. The second-order valence-electron chi connectivity index (χ2n) is 7.85. The highest BCUT2D eigenvalue weighted by Crippen LogP contribution is 2.15. The third-order valence-corrected chi connectivity index (χ3v) is 4.48. The van der Waals surface area contributed by atoms with Gasteiger partial charge < -0.3 is 15.4 Å². The number of esters is 1. The van der Waals surface area contributed by atoms with Gasteiger partial charge in [0.1, 0.15) is 5.70 Å². The summed E-state index contributed by atoms with van der Waals surface area (Å²) in [5.74, 6) is -1.03. The van der Waals surface area contributed by atoms with E-state index in [0.29, 0.717) is 5.92 Å². The van der Waals surface area contributed by atoms with E-state index in [2.05, 4.69) is 36.6 Å². The third-order valence-electron chi connectivity index (χ3n) is 4.48. The van der Waals surface area contributed by atoms with Gasteiger partial charge in [-0.1, -0.05) is 68.4 Å². The number of ether oxygens (including phenoxy) is 1. The molecule has 2 N–H and O–H groups in total. The van der Waals surface area contributed by atoms with E-state index in [-0.39, 0.29) is 11.7 Å². The summed E-state index contributed by atoms with van der Waals surface area (Å²) in [6.07, 6.45) is 2.51. The molecule has 0 aliphatic heterocycles. The van der Waals surface area contributed by atoms with Gasteiger partial charge in [-0.25, -0.2) is 4.79 Å². The van der Waals surface area contributed by atoms with Crippen LogP contribution in [0.4, 0.5) is 0 Å². The Labute approximate surface area is 183 Å². The molecule has 0 aliphatic carbocycles. The minimum atomic E-state index is -0.778. The highest BCUT2D eigenvalue weighted by Gasteiger charge is 2.16. The van der Waals surface area contributed by atoms with Crippen LogP contribution in [0.5, 0.6) is 0 Å². The molecule has 164 valence electrons. The molecule has 2 rings (SSSR count). The molecule has 6 nitrogen and oxygen atoms in total. The highest BCUT2D eigenvalue weighted by atomic mass is 16.5. The van der Waals surface area contributed by atoms with Crippen LogP contribution in [0, 0.1) is 5.92 Å². The molecule has 0 saturated heterocycles. The molecule has 2 aromatic carbocycles. The van der Waals surface area contributed by atoms with Crippen molar-refractivity contribution in [1.29, 1.82) is 0 Å². The van der Waals surface area contributed by atoms with Crippen molar-refractivity contribution >= 4 is 23.9 Å². The first kappa shape index (κ1) is 23.9. The van der Waals surface area contributed by atoms with Crippen molar-refractivity contribution in [1.82, 2.24) is 10.6 Å². The second-order valence-corrected chi connectivity index (χ2v) is 7.85. The molecular weight excluding hydrogens is 392 g/mol. The molecule has 0 saturated carbocycles. The van der Waals surface area contributed by atoms with Crippen molar-refractivity contribution in [3.05, 3.63) is 77.0 Å². The van der Waals surface area contributed by atoms with Crippen molar-refractivity contribution in [2.24, 2.45) is 5.92 Å². The number of carbonyl (C=O) groups excluding carboxylic acids is 3. The molecule has 0 spiro atoms. The van der Waals surface area contributed by atoms with E-state index in [1.165, 1.54) is 18.6 Å². The summed E-state index contributed by atoms with van der Waals surface area (Å²) in [7, 11) is 0. The number of amides is 2. The number of rotatable bonds is 9. The summed E-state index contributed by atoms with van der Waals surface area (Å²) in [6.45, 7) is 7.07. The van der Waals surface area contributed by atoms with Crippen molar-refractivity contribution in [3.63, 3.8) is 0 Å². The minimum Gasteiger partial charge on any atom is -0.451 e. The van der Waals surface area contributed by atoms with E-state index in [4.69, 9.17) is 4.74 Å². The molecule has 0 unspecified atom stereocenters. The van der Waals surface area contributed by atoms with Crippen LogP contribution in [0.3, 0.4) is 0 Å². The Morgan fingerprint density at radius 3 is 2.19 bits per heavy atom. The predicted molar refractivity (Wildman–Crippen MR) is 121 cm³/mol. The van der Waals surface area contributed by atoms with Gasteiger partial charge in [-0.15, -0.1) is 0 Å². The van der Waals surface area contributed by atoms with Crippen LogP contribution in [-0.2, 0) is 25.5 Å². The molecule has 6 heteroatoms. The van der Waals surface area contributed by atoms with Crippen LogP contribution in [0.1, 0.15) is 50.4 Å². The zero-order chi connectivity index (χ0) is 22.8. The Balaban J connectivity index is 1.93. The van der Waals surface area contributed by atoms with Crippen molar-refractivity contribution in [2.45, 2.75) is 40.2 Å². The fraction of sp³-hybridized carbons (Fsp3) is 0.320. The number of carbonyl (C=O) groups is 3. The maximum Gasteiger partial charge on any atom is 0.355 e. The first-order valence-corrected chi connectivity index (χ1v) is 10.3. The Kier molecular flexibility index (Phi) is 9.00. The molecule has 2 aromatic rings. The maximum absolute atomic E-state index is 12.4.